The Kier molecular flexibility index (Phi) is 6.31. The molecule has 0 atom stereocenters. The van der Waals surface area contributed by atoms with Crippen LogP contribution in [-0.2, 0) is 21.3 Å². The van der Waals surface area contributed by atoms with Crippen LogP contribution in [-0.4, -0.2) is 85.9 Å². The molecule has 8 nitrogen and oxygen atoms in total. The zero-order valence-corrected chi connectivity index (χ0v) is 19.6. The maximum Gasteiger partial charge on any atom is 0.253 e. The van der Waals surface area contributed by atoms with Crippen molar-refractivity contribution in [2.75, 3.05) is 52.5 Å². The van der Waals surface area contributed by atoms with Crippen molar-refractivity contribution in [2.24, 2.45) is 0 Å². The predicted octanol–water partition coefficient (Wildman–Crippen LogP) is 2.00. The molecule has 0 N–H and O–H groups in total. The third-order valence-electron chi connectivity index (χ3n) is 6.29. The van der Waals surface area contributed by atoms with E-state index in [2.05, 4.69) is 10.3 Å². The van der Waals surface area contributed by atoms with Gasteiger partial charge in [0, 0.05) is 56.1 Å². The topological polar surface area (TPSA) is 83.0 Å². The normalized spacial score (nSPS) is 21.1. The fourth-order valence-electron chi connectivity index (χ4n) is 4.15. The quantitative estimate of drug-likeness (QED) is 0.634. The molecule has 3 aliphatic rings. The second-order valence-electron chi connectivity index (χ2n) is 8.55. The number of aromatic nitrogens is 1. The summed E-state index contributed by atoms with van der Waals surface area (Å²) in [7, 11) is -3.55. The number of piperazine rings is 1. The van der Waals surface area contributed by atoms with Crippen LogP contribution in [0.4, 0.5) is 0 Å². The second-order valence-corrected chi connectivity index (χ2v) is 11.4. The van der Waals surface area contributed by atoms with Crippen LogP contribution in [0.15, 0.2) is 34.5 Å². The maximum atomic E-state index is 12.9. The minimum Gasteiger partial charge on any atom is -0.379 e. The molecule has 32 heavy (non-hydrogen) atoms. The van der Waals surface area contributed by atoms with Crippen LogP contribution in [0.2, 0.25) is 0 Å². The molecule has 0 bridgehead atoms. The Balaban J connectivity index is 1.16. The molecular weight excluding hydrogens is 448 g/mol. The molecule has 2 aromatic rings. The van der Waals surface area contributed by atoms with Gasteiger partial charge in [0.05, 0.1) is 30.3 Å². The first-order valence-corrected chi connectivity index (χ1v) is 13.5. The first-order valence-electron chi connectivity index (χ1n) is 11.1. The summed E-state index contributed by atoms with van der Waals surface area (Å²) in [6, 6.07) is 6.32. The van der Waals surface area contributed by atoms with Crippen LogP contribution >= 0.6 is 11.3 Å². The number of carbonyl (C=O) groups excluding carboxylic acids is 1. The Hall–Kier alpha value is -1.85. The first kappa shape index (κ1) is 22.0. The minimum atomic E-state index is -3.55. The van der Waals surface area contributed by atoms with E-state index in [1.807, 2.05) is 4.90 Å². The summed E-state index contributed by atoms with van der Waals surface area (Å²) in [6.07, 6.45) is 2.54. The van der Waals surface area contributed by atoms with Crippen molar-refractivity contribution in [3.05, 3.63) is 45.9 Å². The Bertz CT molecular complexity index is 1050. The standard InChI is InChI=1S/C22H28N4O4S2/c27-22(18-3-5-19(6-4-18)32(28,29)26-11-13-30-14-12-26)25-9-7-24(8-10-25)15-21-23-20(16-31-21)17-1-2-17/h3-6,16-17H,1-2,7-15H2. The number of nitrogens with zero attached hydrogens (tertiary/aromatic N) is 4. The van der Waals surface area contributed by atoms with Gasteiger partial charge < -0.3 is 9.64 Å². The van der Waals surface area contributed by atoms with Gasteiger partial charge >= 0.3 is 0 Å². The van der Waals surface area contributed by atoms with E-state index in [0.29, 0.717) is 50.9 Å². The maximum absolute atomic E-state index is 12.9. The fourth-order valence-corrected chi connectivity index (χ4v) is 6.48. The van der Waals surface area contributed by atoms with Crippen molar-refractivity contribution in [3.8, 4) is 0 Å². The van der Waals surface area contributed by atoms with Crippen LogP contribution in [0.1, 0.15) is 39.8 Å². The molecule has 1 saturated carbocycles. The van der Waals surface area contributed by atoms with E-state index in [-0.39, 0.29) is 10.8 Å². The molecule has 1 amide bonds. The van der Waals surface area contributed by atoms with Gasteiger partial charge in [-0.25, -0.2) is 13.4 Å². The van der Waals surface area contributed by atoms with Crippen LogP contribution in [0.25, 0.3) is 0 Å². The van der Waals surface area contributed by atoms with Crippen LogP contribution in [0, 0.1) is 0 Å². The molecule has 2 saturated heterocycles. The van der Waals surface area contributed by atoms with E-state index in [4.69, 9.17) is 9.72 Å². The van der Waals surface area contributed by atoms with Crippen molar-refractivity contribution in [2.45, 2.75) is 30.2 Å². The lowest BCUT2D eigenvalue weighted by Crippen LogP contribution is -2.48. The summed E-state index contributed by atoms with van der Waals surface area (Å²) < 4.78 is 32.2. The van der Waals surface area contributed by atoms with Crippen molar-refractivity contribution in [1.82, 2.24) is 19.1 Å². The number of carbonyl (C=O) groups is 1. The SMILES string of the molecule is O=C(c1ccc(S(=O)(=O)N2CCOCC2)cc1)N1CCN(Cc2nc(C3CC3)cs2)CC1. The lowest BCUT2D eigenvalue weighted by atomic mass is 10.2. The Morgan fingerprint density at radius 2 is 1.72 bits per heavy atom. The van der Waals surface area contributed by atoms with Crippen molar-refractivity contribution >= 4 is 27.3 Å². The van der Waals surface area contributed by atoms with E-state index in [1.165, 1.54) is 35.0 Å². The molecule has 0 spiro atoms. The van der Waals surface area contributed by atoms with Gasteiger partial charge in [0.15, 0.2) is 0 Å². The molecule has 0 unspecified atom stereocenters. The molecule has 5 rings (SSSR count). The number of morpholine rings is 1. The van der Waals surface area contributed by atoms with Crippen molar-refractivity contribution in [1.29, 1.82) is 0 Å². The Labute approximate surface area is 192 Å². The molecule has 10 heteroatoms. The largest absolute Gasteiger partial charge is 0.379 e. The number of hydrogen-bond acceptors (Lipinski definition) is 7. The van der Waals surface area contributed by atoms with Crippen LogP contribution in [0.3, 0.4) is 0 Å². The lowest BCUT2D eigenvalue weighted by Gasteiger charge is -2.34. The zero-order chi connectivity index (χ0) is 22.1. The molecule has 172 valence electrons. The first-order chi connectivity index (χ1) is 15.5. The third kappa shape index (κ3) is 4.74. The van der Waals surface area contributed by atoms with Gasteiger partial charge in [-0.05, 0) is 37.1 Å². The van der Waals surface area contributed by atoms with Crippen molar-refractivity contribution < 1.29 is 17.9 Å². The Morgan fingerprint density at radius 3 is 2.38 bits per heavy atom. The lowest BCUT2D eigenvalue weighted by molar-refractivity contribution is 0.0628. The van der Waals surface area contributed by atoms with Crippen molar-refractivity contribution in [3.63, 3.8) is 0 Å². The predicted molar refractivity (Wildman–Crippen MR) is 121 cm³/mol. The van der Waals surface area contributed by atoms with Gasteiger partial charge in [0.25, 0.3) is 5.91 Å². The van der Waals surface area contributed by atoms with Gasteiger partial charge in [0.1, 0.15) is 5.01 Å². The molecule has 1 aromatic heterocycles. The van der Waals surface area contributed by atoms with E-state index in [0.717, 1.165) is 24.6 Å². The van der Waals surface area contributed by atoms with Crippen LogP contribution < -0.4 is 0 Å². The second kappa shape index (κ2) is 9.18. The fraction of sp³-hybridized carbons (Fsp3) is 0.545. The highest BCUT2D eigenvalue weighted by atomic mass is 32.2. The van der Waals surface area contributed by atoms with E-state index < -0.39 is 10.0 Å². The highest BCUT2D eigenvalue weighted by molar-refractivity contribution is 7.89. The highest BCUT2D eigenvalue weighted by Crippen LogP contribution is 2.40. The molecule has 2 aliphatic heterocycles. The van der Waals surface area contributed by atoms with E-state index in [1.54, 1.807) is 23.5 Å². The highest BCUT2D eigenvalue weighted by Gasteiger charge is 2.28. The third-order valence-corrected chi connectivity index (χ3v) is 9.06. The molecule has 0 radical (unpaired) electrons. The number of ether oxygens (including phenoxy) is 1. The smallest absolute Gasteiger partial charge is 0.253 e. The number of rotatable bonds is 6. The monoisotopic (exact) mass is 476 g/mol. The number of amides is 1. The van der Waals surface area contributed by atoms with Gasteiger partial charge in [-0.3, -0.25) is 9.69 Å². The average Bonchev–Trinajstić information content (AvgIpc) is 3.58. The minimum absolute atomic E-state index is 0.0507. The average molecular weight is 477 g/mol. The number of thiazole rings is 1. The summed E-state index contributed by atoms with van der Waals surface area (Å²) in [4.78, 5) is 22.1. The van der Waals surface area contributed by atoms with E-state index >= 15 is 0 Å². The molecular formula is C22H28N4O4S2. The molecule has 1 aromatic carbocycles. The van der Waals surface area contributed by atoms with E-state index in [9.17, 15) is 13.2 Å². The van der Waals surface area contributed by atoms with Crippen LogP contribution in [0.5, 0.6) is 0 Å². The molecule has 3 fully saturated rings. The number of sulfonamides is 1. The number of hydrogen-bond donors (Lipinski definition) is 0. The number of benzene rings is 1. The zero-order valence-electron chi connectivity index (χ0n) is 18.0. The molecule has 3 heterocycles. The van der Waals surface area contributed by atoms with Gasteiger partial charge in [-0.1, -0.05) is 0 Å². The Morgan fingerprint density at radius 1 is 1.03 bits per heavy atom. The van der Waals surface area contributed by atoms with Gasteiger partial charge in [0.2, 0.25) is 10.0 Å². The summed E-state index contributed by atoms with van der Waals surface area (Å²) >= 11 is 1.74. The van der Waals surface area contributed by atoms with Gasteiger partial charge in [-0.2, -0.15) is 4.31 Å². The summed E-state index contributed by atoms with van der Waals surface area (Å²) in [5.74, 6) is 0.634. The summed E-state index contributed by atoms with van der Waals surface area (Å²) in [6.45, 7) is 5.32. The summed E-state index contributed by atoms with van der Waals surface area (Å²) in [5, 5.41) is 3.35. The summed E-state index contributed by atoms with van der Waals surface area (Å²) in [5.41, 5.74) is 1.77. The molecule has 1 aliphatic carbocycles. The van der Waals surface area contributed by atoms with Gasteiger partial charge in [-0.15, -0.1) is 11.3 Å².